The summed E-state index contributed by atoms with van der Waals surface area (Å²) >= 11 is 13.3. The molecule has 3 rings (SSSR count). The number of aliphatic hydroxyl groups excluding tert-OH is 1. The van der Waals surface area contributed by atoms with E-state index in [-0.39, 0.29) is 5.91 Å². The van der Waals surface area contributed by atoms with Crippen LogP contribution < -0.4 is 5.32 Å². The Bertz CT molecular complexity index is 845. The number of aromatic amines is 1. The lowest BCUT2D eigenvalue weighted by molar-refractivity contribution is 0.0848. The third-order valence-corrected chi connectivity index (χ3v) is 5.52. The topological polar surface area (TPSA) is 65.1 Å². The normalized spacial score (nSPS) is 13.9. The number of thiophene rings is 1. The van der Waals surface area contributed by atoms with Crippen molar-refractivity contribution in [1.29, 1.82) is 0 Å². The van der Waals surface area contributed by atoms with Gasteiger partial charge in [0.1, 0.15) is 10.0 Å². The van der Waals surface area contributed by atoms with E-state index in [4.69, 9.17) is 23.2 Å². The number of nitrogens with one attached hydrogen (secondary N) is 2. The smallest absolute Gasteiger partial charge is 0.268 e. The maximum atomic E-state index is 12.3. The van der Waals surface area contributed by atoms with Crippen LogP contribution in [0.1, 0.15) is 29.1 Å². The molecule has 0 radical (unpaired) electrons. The van der Waals surface area contributed by atoms with Gasteiger partial charge in [0.15, 0.2) is 0 Å². The highest BCUT2D eigenvalue weighted by molar-refractivity contribution is 7.23. The number of rotatable bonds is 4. The average Bonchev–Trinajstić information content (AvgIpc) is 3.08. The van der Waals surface area contributed by atoms with Crippen LogP contribution in [0.5, 0.6) is 0 Å². The first-order chi connectivity index (χ1) is 11.0. The monoisotopic (exact) mass is 368 g/mol. The van der Waals surface area contributed by atoms with Crippen molar-refractivity contribution in [3.05, 3.63) is 57.0 Å². The molecule has 0 saturated heterocycles. The molecule has 3 N–H and O–H groups in total. The molecule has 23 heavy (non-hydrogen) atoms. The Morgan fingerprint density at radius 2 is 2.00 bits per heavy atom. The van der Waals surface area contributed by atoms with Crippen LogP contribution in [0.2, 0.25) is 9.36 Å². The van der Waals surface area contributed by atoms with Gasteiger partial charge in [0.05, 0.1) is 27.4 Å². The lowest BCUT2D eigenvalue weighted by Gasteiger charge is -2.20. The minimum absolute atomic E-state index is 0.303. The van der Waals surface area contributed by atoms with E-state index in [1.165, 1.54) is 11.3 Å². The summed E-state index contributed by atoms with van der Waals surface area (Å²) < 4.78 is 1.31. The second-order valence-electron chi connectivity index (χ2n) is 5.23. The number of fused-ring (bicyclic) bond motifs is 1. The predicted octanol–water partition coefficient (Wildman–Crippen LogP) is 4.39. The Kier molecular flexibility index (Phi) is 4.64. The molecular weight excluding hydrogens is 355 g/mol. The second kappa shape index (κ2) is 6.53. The highest BCUT2D eigenvalue weighted by atomic mass is 35.5. The summed E-state index contributed by atoms with van der Waals surface area (Å²) in [7, 11) is 0. The zero-order chi connectivity index (χ0) is 16.6. The number of H-pyrrole nitrogens is 1. The molecule has 1 aromatic carbocycles. The molecule has 0 aliphatic carbocycles. The number of benzene rings is 1. The van der Waals surface area contributed by atoms with Gasteiger partial charge in [0.2, 0.25) is 0 Å². The van der Waals surface area contributed by atoms with Crippen LogP contribution in [0.15, 0.2) is 36.4 Å². The summed E-state index contributed by atoms with van der Waals surface area (Å²) in [5, 5.41) is 13.5. The van der Waals surface area contributed by atoms with E-state index in [0.717, 1.165) is 10.3 Å². The van der Waals surface area contributed by atoms with Crippen LogP contribution in [0, 0.1) is 0 Å². The molecule has 0 spiro atoms. The predicted molar refractivity (Wildman–Crippen MR) is 94.5 cm³/mol. The van der Waals surface area contributed by atoms with Gasteiger partial charge in [-0.25, -0.2) is 0 Å². The first-order valence-corrected chi connectivity index (χ1v) is 8.55. The number of aliphatic hydroxyl groups is 1. The third-order valence-electron chi connectivity index (χ3n) is 3.59. The molecule has 7 heteroatoms. The number of carbonyl (C=O) groups excluding carboxylic acids is 1. The van der Waals surface area contributed by atoms with E-state index in [2.05, 4.69) is 10.3 Å². The molecule has 0 aliphatic heterocycles. The Hall–Kier alpha value is -1.53. The molecule has 1 amide bonds. The summed E-state index contributed by atoms with van der Waals surface area (Å²) in [6.45, 7) is 1.75. The number of amides is 1. The van der Waals surface area contributed by atoms with Crippen molar-refractivity contribution in [3.8, 4) is 0 Å². The van der Waals surface area contributed by atoms with Crippen molar-refractivity contribution >= 4 is 50.7 Å². The fourth-order valence-electron chi connectivity index (χ4n) is 2.34. The van der Waals surface area contributed by atoms with E-state index in [9.17, 15) is 9.90 Å². The minimum Gasteiger partial charge on any atom is -0.386 e. The summed E-state index contributed by atoms with van der Waals surface area (Å²) in [4.78, 5) is 15.3. The molecule has 1 unspecified atom stereocenters. The van der Waals surface area contributed by atoms with E-state index >= 15 is 0 Å². The van der Waals surface area contributed by atoms with Crippen molar-refractivity contribution in [1.82, 2.24) is 10.3 Å². The van der Waals surface area contributed by atoms with Gasteiger partial charge in [0.25, 0.3) is 5.91 Å². The van der Waals surface area contributed by atoms with Gasteiger partial charge in [-0.3, -0.25) is 4.79 Å². The highest BCUT2D eigenvalue weighted by Gasteiger charge is 2.21. The van der Waals surface area contributed by atoms with E-state index in [1.54, 1.807) is 13.0 Å². The lowest BCUT2D eigenvalue weighted by Crippen LogP contribution is -2.37. The molecule has 0 bridgehead atoms. The molecule has 2 heterocycles. The maximum absolute atomic E-state index is 12.3. The molecule has 2 atom stereocenters. The number of hydrogen-bond donors (Lipinski definition) is 3. The largest absolute Gasteiger partial charge is 0.386 e. The molecule has 2 aromatic heterocycles. The van der Waals surface area contributed by atoms with Gasteiger partial charge >= 0.3 is 0 Å². The van der Waals surface area contributed by atoms with E-state index < -0.39 is 12.1 Å². The zero-order valence-corrected chi connectivity index (χ0v) is 14.5. The number of halogens is 2. The standard InChI is InChI=1S/C16H14Cl2N2O2S/c1-8(14(21)9-5-3-2-4-6-9)19-16(22)10-7-11-13(20-10)12(17)15(18)23-11/h2-8,14,20-21H,1H3,(H,19,22)/t8?,14-/m1/s1. The van der Waals surface area contributed by atoms with Crippen molar-refractivity contribution < 1.29 is 9.90 Å². The number of hydrogen-bond acceptors (Lipinski definition) is 3. The van der Waals surface area contributed by atoms with Crippen LogP contribution >= 0.6 is 34.5 Å². The van der Waals surface area contributed by atoms with Gasteiger partial charge in [-0.1, -0.05) is 53.5 Å². The minimum atomic E-state index is -0.783. The Morgan fingerprint density at radius 3 is 2.65 bits per heavy atom. The maximum Gasteiger partial charge on any atom is 0.268 e. The quantitative estimate of drug-likeness (QED) is 0.639. The van der Waals surface area contributed by atoms with Gasteiger partial charge in [-0.05, 0) is 18.6 Å². The van der Waals surface area contributed by atoms with Crippen molar-refractivity contribution in [3.63, 3.8) is 0 Å². The average molecular weight is 369 g/mol. The number of aromatic nitrogens is 1. The van der Waals surface area contributed by atoms with E-state index in [1.807, 2.05) is 30.3 Å². The number of carbonyl (C=O) groups is 1. The van der Waals surface area contributed by atoms with Crippen LogP contribution in [0.4, 0.5) is 0 Å². The first kappa shape index (κ1) is 16.3. The molecule has 3 aromatic rings. The van der Waals surface area contributed by atoms with Gasteiger partial charge in [-0.2, -0.15) is 0 Å². The fourth-order valence-corrected chi connectivity index (χ4v) is 3.82. The van der Waals surface area contributed by atoms with Crippen LogP contribution in [0.25, 0.3) is 10.2 Å². The van der Waals surface area contributed by atoms with E-state index in [0.29, 0.717) is 20.6 Å². The van der Waals surface area contributed by atoms with Gasteiger partial charge in [0, 0.05) is 0 Å². The Balaban J connectivity index is 1.74. The van der Waals surface area contributed by atoms with Gasteiger partial charge < -0.3 is 15.4 Å². The molecule has 0 fully saturated rings. The SMILES string of the molecule is CC(NC(=O)c1cc2sc(Cl)c(Cl)c2[nH]1)[C@@H](O)c1ccccc1. The molecule has 0 aliphatic rings. The third kappa shape index (κ3) is 3.23. The summed E-state index contributed by atoms with van der Waals surface area (Å²) in [5.41, 5.74) is 1.79. The van der Waals surface area contributed by atoms with Gasteiger partial charge in [-0.15, -0.1) is 11.3 Å². The first-order valence-electron chi connectivity index (χ1n) is 6.97. The lowest BCUT2D eigenvalue weighted by atomic mass is 10.0. The summed E-state index contributed by atoms with van der Waals surface area (Å²) in [6, 6.07) is 10.5. The second-order valence-corrected chi connectivity index (χ2v) is 7.26. The van der Waals surface area contributed by atoms with Crippen molar-refractivity contribution in [2.75, 3.05) is 0 Å². The van der Waals surface area contributed by atoms with Crippen molar-refractivity contribution in [2.24, 2.45) is 0 Å². The molecule has 0 saturated carbocycles. The van der Waals surface area contributed by atoms with Crippen LogP contribution in [-0.2, 0) is 0 Å². The summed E-state index contributed by atoms with van der Waals surface area (Å²) in [6.07, 6.45) is -0.783. The van der Waals surface area contributed by atoms with Crippen molar-refractivity contribution in [2.45, 2.75) is 19.1 Å². The molecule has 4 nitrogen and oxygen atoms in total. The Labute approximate surface area is 147 Å². The highest BCUT2D eigenvalue weighted by Crippen LogP contribution is 2.38. The van der Waals surface area contributed by atoms with Crippen LogP contribution in [0.3, 0.4) is 0 Å². The molecule has 120 valence electrons. The molecular formula is C16H14Cl2N2O2S. The Morgan fingerprint density at radius 1 is 1.30 bits per heavy atom. The summed E-state index contributed by atoms with van der Waals surface area (Å²) in [5.74, 6) is -0.303. The van der Waals surface area contributed by atoms with Crippen LogP contribution in [-0.4, -0.2) is 22.0 Å². The fraction of sp³-hybridized carbons (Fsp3) is 0.188. The zero-order valence-electron chi connectivity index (χ0n) is 12.1.